The Hall–Kier alpha value is 0.120. The Labute approximate surface area is 116 Å². The molecular formula is C11H23ClN2O3S. The molecule has 0 aliphatic carbocycles. The molecular weight excluding hydrogens is 276 g/mol. The number of rotatable bonds is 5. The van der Waals surface area contributed by atoms with Gasteiger partial charge in [0.15, 0.2) is 0 Å². The fourth-order valence-corrected chi connectivity index (χ4v) is 3.96. The van der Waals surface area contributed by atoms with E-state index < -0.39 is 10.0 Å². The zero-order valence-corrected chi connectivity index (χ0v) is 12.6. The van der Waals surface area contributed by atoms with Gasteiger partial charge in [-0.2, -0.15) is 0 Å². The summed E-state index contributed by atoms with van der Waals surface area (Å²) < 4.78 is 31.1. The summed E-state index contributed by atoms with van der Waals surface area (Å²) in [7, 11) is -3.12. The van der Waals surface area contributed by atoms with Gasteiger partial charge in [-0.25, -0.2) is 12.7 Å². The number of nitrogens with one attached hydrogen (secondary N) is 1. The minimum absolute atomic E-state index is 0. The van der Waals surface area contributed by atoms with Gasteiger partial charge in [-0.05, 0) is 38.8 Å². The predicted octanol–water partition coefficient (Wildman–Crippen LogP) is 0.314. The molecule has 0 spiro atoms. The van der Waals surface area contributed by atoms with E-state index in [0.717, 1.165) is 13.1 Å². The maximum Gasteiger partial charge on any atom is 0.216 e. The van der Waals surface area contributed by atoms with E-state index in [1.54, 1.807) is 4.31 Å². The zero-order chi connectivity index (χ0) is 12.5. The Morgan fingerprint density at radius 2 is 1.83 bits per heavy atom. The van der Waals surface area contributed by atoms with E-state index in [1.165, 1.54) is 0 Å². The number of ether oxygens (including phenoxy) is 1. The van der Waals surface area contributed by atoms with Crippen molar-refractivity contribution in [2.45, 2.75) is 20.0 Å². The van der Waals surface area contributed by atoms with Gasteiger partial charge < -0.3 is 10.1 Å². The molecule has 2 rings (SSSR count). The second-order valence-corrected chi connectivity index (χ2v) is 7.32. The number of hydrogen-bond donors (Lipinski definition) is 1. The molecule has 1 N–H and O–H groups in total. The van der Waals surface area contributed by atoms with Gasteiger partial charge in [-0.3, -0.25) is 0 Å². The van der Waals surface area contributed by atoms with Crippen LogP contribution >= 0.6 is 12.4 Å². The number of sulfonamides is 1. The minimum Gasteiger partial charge on any atom is -0.378 e. The lowest BCUT2D eigenvalue weighted by atomic mass is 10.0. The molecule has 2 saturated heterocycles. The summed E-state index contributed by atoms with van der Waals surface area (Å²) in [5.41, 5.74) is 0. The van der Waals surface area contributed by atoms with Crippen molar-refractivity contribution < 1.29 is 13.2 Å². The highest BCUT2D eigenvalue weighted by molar-refractivity contribution is 7.89. The lowest BCUT2D eigenvalue weighted by Gasteiger charge is -2.17. The molecule has 0 amide bonds. The van der Waals surface area contributed by atoms with Crippen LogP contribution in [0.15, 0.2) is 0 Å². The lowest BCUT2D eigenvalue weighted by Crippen LogP contribution is -2.35. The third kappa shape index (κ3) is 3.81. The lowest BCUT2D eigenvalue weighted by molar-refractivity contribution is 0.0907. The highest BCUT2D eigenvalue weighted by Gasteiger charge is 2.40. The van der Waals surface area contributed by atoms with Crippen molar-refractivity contribution in [1.29, 1.82) is 0 Å². The normalized spacial score (nSPS) is 28.4. The molecule has 0 unspecified atom stereocenters. The summed E-state index contributed by atoms with van der Waals surface area (Å²) in [5.74, 6) is 1.13. The van der Waals surface area contributed by atoms with Gasteiger partial charge in [0.05, 0.1) is 18.5 Å². The van der Waals surface area contributed by atoms with Crippen LogP contribution in [0.3, 0.4) is 0 Å². The maximum atomic E-state index is 12.1. The second-order valence-electron chi connectivity index (χ2n) is 5.23. The highest BCUT2D eigenvalue weighted by Crippen LogP contribution is 2.28. The average Bonchev–Trinajstić information content (AvgIpc) is 2.74. The van der Waals surface area contributed by atoms with E-state index in [2.05, 4.69) is 5.32 Å². The molecule has 2 heterocycles. The van der Waals surface area contributed by atoms with Gasteiger partial charge in [-0.15, -0.1) is 12.4 Å². The Morgan fingerprint density at radius 3 is 2.33 bits per heavy atom. The molecule has 2 aliphatic heterocycles. The maximum absolute atomic E-state index is 12.1. The van der Waals surface area contributed by atoms with Crippen LogP contribution in [0.1, 0.15) is 13.8 Å². The van der Waals surface area contributed by atoms with Gasteiger partial charge in [-0.1, -0.05) is 0 Å². The molecule has 7 heteroatoms. The van der Waals surface area contributed by atoms with Crippen LogP contribution in [0.2, 0.25) is 0 Å². The first-order valence-corrected chi connectivity index (χ1v) is 7.90. The van der Waals surface area contributed by atoms with E-state index in [-0.39, 0.29) is 24.3 Å². The summed E-state index contributed by atoms with van der Waals surface area (Å²) in [6, 6.07) is 0. The number of nitrogens with zero attached hydrogens (tertiary/aromatic N) is 1. The van der Waals surface area contributed by atoms with Crippen LogP contribution < -0.4 is 5.32 Å². The minimum atomic E-state index is -3.12. The number of fused-ring (bicyclic) bond motifs is 1. The predicted molar refractivity (Wildman–Crippen MR) is 73.5 cm³/mol. The Morgan fingerprint density at radius 1 is 1.28 bits per heavy atom. The Balaban J connectivity index is 0.00000162. The average molecular weight is 299 g/mol. The monoisotopic (exact) mass is 298 g/mol. The van der Waals surface area contributed by atoms with Crippen LogP contribution in [-0.4, -0.2) is 57.4 Å². The summed E-state index contributed by atoms with van der Waals surface area (Å²) in [5, 5.41) is 3.31. The van der Waals surface area contributed by atoms with Crippen molar-refractivity contribution in [3.63, 3.8) is 0 Å². The van der Waals surface area contributed by atoms with Crippen LogP contribution in [0.4, 0.5) is 0 Å². The molecule has 2 aliphatic rings. The van der Waals surface area contributed by atoms with E-state index in [9.17, 15) is 8.42 Å². The molecule has 0 bridgehead atoms. The van der Waals surface area contributed by atoms with Crippen molar-refractivity contribution in [2.75, 3.05) is 38.5 Å². The van der Waals surface area contributed by atoms with Gasteiger partial charge in [0.25, 0.3) is 0 Å². The van der Waals surface area contributed by atoms with Crippen molar-refractivity contribution in [2.24, 2.45) is 11.8 Å². The van der Waals surface area contributed by atoms with E-state index in [1.807, 2.05) is 13.8 Å². The van der Waals surface area contributed by atoms with Crippen molar-refractivity contribution in [3.8, 4) is 0 Å². The number of halogens is 1. The standard InChI is InChI=1S/C11H22N2O3S.ClH/c1-9(2)16-3-4-17(14,15)13-7-10-5-12-6-11(10)8-13;/h9-12H,3-8H2,1-2H3;1H/t10-,11+;. The van der Waals surface area contributed by atoms with E-state index in [4.69, 9.17) is 4.74 Å². The third-order valence-corrected chi connectivity index (χ3v) is 5.31. The molecule has 0 aromatic rings. The third-order valence-electron chi connectivity index (χ3n) is 3.54. The van der Waals surface area contributed by atoms with E-state index in [0.29, 0.717) is 31.5 Å². The van der Waals surface area contributed by atoms with Gasteiger partial charge in [0, 0.05) is 13.1 Å². The fourth-order valence-electron chi connectivity index (χ4n) is 2.56. The Kier molecular flexibility index (Phi) is 5.86. The first kappa shape index (κ1) is 16.2. The summed E-state index contributed by atoms with van der Waals surface area (Å²) >= 11 is 0. The topological polar surface area (TPSA) is 58.6 Å². The molecule has 18 heavy (non-hydrogen) atoms. The fraction of sp³-hybridized carbons (Fsp3) is 1.00. The SMILES string of the molecule is CC(C)OCCS(=O)(=O)N1C[C@H]2CNC[C@H]2C1.Cl. The Bertz CT molecular complexity index is 349. The zero-order valence-electron chi connectivity index (χ0n) is 11.0. The smallest absolute Gasteiger partial charge is 0.216 e. The van der Waals surface area contributed by atoms with Crippen LogP contribution in [0.5, 0.6) is 0 Å². The van der Waals surface area contributed by atoms with Crippen molar-refractivity contribution in [1.82, 2.24) is 9.62 Å². The molecule has 0 aromatic carbocycles. The van der Waals surface area contributed by atoms with Gasteiger partial charge >= 0.3 is 0 Å². The van der Waals surface area contributed by atoms with Crippen LogP contribution in [0.25, 0.3) is 0 Å². The van der Waals surface area contributed by atoms with Crippen LogP contribution in [-0.2, 0) is 14.8 Å². The molecule has 0 radical (unpaired) electrons. The molecule has 0 saturated carbocycles. The van der Waals surface area contributed by atoms with Crippen molar-refractivity contribution >= 4 is 22.4 Å². The second kappa shape index (κ2) is 6.52. The summed E-state index contributed by atoms with van der Waals surface area (Å²) in [6.07, 6.45) is 0.0901. The first-order chi connectivity index (χ1) is 7.99. The highest BCUT2D eigenvalue weighted by atomic mass is 35.5. The van der Waals surface area contributed by atoms with Gasteiger partial charge in [0.1, 0.15) is 0 Å². The molecule has 5 nitrogen and oxygen atoms in total. The largest absolute Gasteiger partial charge is 0.378 e. The first-order valence-electron chi connectivity index (χ1n) is 6.29. The summed E-state index contributed by atoms with van der Waals surface area (Å²) in [6.45, 7) is 7.41. The van der Waals surface area contributed by atoms with Crippen molar-refractivity contribution in [3.05, 3.63) is 0 Å². The van der Waals surface area contributed by atoms with Gasteiger partial charge in [0.2, 0.25) is 10.0 Å². The number of hydrogen-bond acceptors (Lipinski definition) is 4. The molecule has 2 fully saturated rings. The van der Waals surface area contributed by atoms with Crippen LogP contribution in [0, 0.1) is 11.8 Å². The molecule has 108 valence electrons. The summed E-state index contributed by atoms with van der Waals surface area (Å²) in [4.78, 5) is 0. The van der Waals surface area contributed by atoms with E-state index >= 15 is 0 Å². The quantitative estimate of drug-likeness (QED) is 0.794. The molecule has 2 atom stereocenters. The molecule has 0 aromatic heterocycles.